The molecule has 4 rings (SSSR count). The summed E-state index contributed by atoms with van der Waals surface area (Å²) in [6.07, 6.45) is 3.32. The molecule has 3 heterocycles. The molecule has 2 saturated heterocycles. The number of nitrogens with one attached hydrogen (secondary N) is 1. The number of anilines is 2. The van der Waals surface area contributed by atoms with Gasteiger partial charge in [0.15, 0.2) is 11.6 Å². The van der Waals surface area contributed by atoms with Crippen LogP contribution in [0.4, 0.5) is 11.8 Å². The van der Waals surface area contributed by atoms with Crippen LogP contribution in [-0.4, -0.2) is 47.3 Å². The molecule has 0 bridgehead atoms. The molecule has 132 valence electrons. The van der Waals surface area contributed by atoms with Crippen molar-refractivity contribution >= 4 is 11.8 Å². The third-order valence-electron chi connectivity index (χ3n) is 4.89. The van der Waals surface area contributed by atoms with Crippen LogP contribution in [0.3, 0.4) is 0 Å². The lowest BCUT2D eigenvalue weighted by molar-refractivity contribution is -0.169. The van der Waals surface area contributed by atoms with E-state index < -0.39 is 0 Å². The van der Waals surface area contributed by atoms with Gasteiger partial charge in [-0.3, -0.25) is 0 Å². The molecule has 2 aliphatic rings. The van der Waals surface area contributed by atoms with E-state index in [9.17, 15) is 0 Å². The first kappa shape index (κ1) is 16.2. The Morgan fingerprint density at radius 3 is 2.68 bits per heavy atom. The summed E-state index contributed by atoms with van der Waals surface area (Å²) in [5, 5.41) is 11.6. The van der Waals surface area contributed by atoms with Crippen molar-refractivity contribution in [3.8, 4) is 0 Å². The van der Waals surface area contributed by atoms with Crippen LogP contribution in [0.25, 0.3) is 0 Å². The van der Waals surface area contributed by atoms with Gasteiger partial charge < -0.3 is 19.7 Å². The molecular weight excluding hydrogens is 318 g/mol. The number of rotatable bonds is 4. The Kier molecular flexibility index (Phi) is 4.50. The van der Waals surface area contributed by atoms with E-state index >= 15 is 0 Å². The number of hydrogen-bond acceptors (Lipinski definition) is 7. The van der Waals surface area contributed by atoms with E-state index in [1.54, 1.807) is 6.20 Å². The maximum Gasteiger partial charge on any atom is 0.247 e. The predicted octanol–water partition coefficient (Wildman–Crippen LogP) is 2.14. The Morgan fingerprint density at radius 1 is 1.16 bits per heavy atom. The van der Waals surface area contributed by atoms with Gasteiger partial charge in [0.25, 0.3) is 0 Å². The molecule has 1 aromatic heterocycles. The lowest BCUT2D eigenvalue weighted by Gasteiger charge is -2.37. The van der Waals surface area contributed by atoms with Crippen LogP contribution < -0.4 is 10.2 Å². The number of benzene rings is 1. The number of aryl methyl sites for hydroxylation is 1. The predicted molar refractivity (Wildman–Crippen MR) is 94.4 cm³/mol. The van der Waals surface area contributed by atoms with Gasteiger partial charge in [-0.15, -0.1) is 5.10 Å². The highest BCUT2D eigenvalue weighted by Gasteiger charge is 2.40. The van der Waals surface area contributed by atoms with Gasteiger partial charge in [-0.25, -0.2) is 0 Å². The molecule has 1 aromatic carbocycles. The van der Waals surface area contributed by atoms with Crippen molar-refractivity contribution in [3.63, 3.8) is 0 Å². The van der Waals surface area contributed by atoms with E-state index in [4.69, 9.17) is 9.47 Å². The lowest BCUT2D eigenvalue weighted by Crippen LogP contribution is -2.45. The fraction of sp³-hybridized carbons (Fsp3) is 0.500. The second-order valence-corrected chi connectivity index (χ2v) is 6.52. The Labute approximate surface area is 147 Å². The molecule has 0 radical (unpaired) electrons. The molecule has 7 heteroatoms. The van der Waals surface area contributed by atoms with E-state index in [0.717, 1.165) is 38.3 Å². The first-order chi connectivity index (χ1) is 12.2. The zero-order valence-corrected chi connectivity index (χ0v) is 14.4. The summed E-state index contributed by atoms with van der Waals surface area (Å²) in [5.74, 6) is 1.01. The van der Waals surface area contributed by atoms with Crippen molar-refractivity contribution < 1.29 is 9.47 Å². The molecule has 2 aliphatic heterocycles. The molecule has 0 unspecified atom stereocenters. The SMILES string of the molecule is Cc1ccccc1CNc1cnnc(N2CCC3(CC2)OCCO3)n1. The second-order valence-electron chi connectivity index (χ2n) is 6.52. The highest BCUT2D eigenvalue weighted by Crippen LogP contribution is 2.32. The minimum Gasteiger partial charge on any atom is -0.365 e. The number of hydrogen-bond donors (Lipinski definition) is 1. The first-order valence-corrected chi connectivity index (χ1v) is 8.75. The summed E-state index contributed by atoms with van der Waals surface area (Å²) >= 11 is 0. The van der Waals surface area contributed by atoms with Crippen LogP contribution in [0, 0.1) is 6.92 Å². The van der Waals surface area contributed by atoms with Crippen molar-refractivity contribution in [1.82, 2.24) is 15.2 Å². The van der Waals surface area contributed by atoms with E-state index in [-0.39, 0.29) is 5.79 Å². The molecule has 0 amide bonds. The number of aromatic nitrogens is 3. The van der Waals surface area contributed by atoms with Gasteiger partial charge in [-0.05, 0) is 18.1 Å². The quantitative estimate of drug-likeness (QED) is 0.913. The second kappa shape index (κ2) is 6.93. The Hall–Kier alpha value is -2.25. The summed E-state index contributed by atoms with van der Waals surface area (Å²) in [4.78, 5) is 6.76. The monoisotopic (exact) mass is 341 g/mol. The minimum atomic E-state index is -0.384. The van der Waals surface area contributed by atoms with Gasteiger partial charge >= 0.3 is 0 Å². The van der Waals surface area contributed by atoms with Crippen molar-refractivity contribution in [1.29, 1.82) is 0 Å². The van der Waals surface area contributed by atoms with E-state index in [0.29, 0.717) is 19.2 Å². The fourth-order valence-electron chi connectivity index (χ4n) is 3.34. The summed E-state index contributed by atoms with van der Waals surface area (Å²) in [6.45, 7) is 5.82. The molecule has 2 aromatic rings. The molecule has 0 atom stereocenters. The summed E-state index contributed by atoms with van der Waals surface area (Å²) < 4.78 is 11.5. The van der Waals surface area contributed by atoms with Crippen LogP contribution in [-0.2, 0) is 16.0 Å². The molecule has 0 aliphatic carbocycles. The normalized spacial score (nSPS) is 19.3. The van der Waals surface area contributed by atoms with Crippen molar-refractivity contribution in [3.05, 3.63) is 41.6 Å². The third kappa shape index (κ3) is 3.57. The zero-order chi connectivity index (χ0) is 17.1. The maximum atomic E-state index is 5.77. The smallest absolute Gasteiger partial charge is 0.247 e. The van der Waals surface area contributed by atoms with E-state index in [2.05, 4.69) is 44.5 Å². The van der Waals surface area contributed by atoms with E-state index in [1.807, 2.05) is 12.1 Å². The molecule has 1 spiro atoms. The third-order valence-corrected chi connectivity index (χ3v) is 4.89. The molecule has 2 fully saturated rings. The summed E-state index contributed by atoms with van der Waals surface area (Å²) in [7, 11) is 0. The van der Waals surface area contributed by atoms with Gasteiger partial charge in [-0.2, -0.15) is 10.1 Å². The van der Waals surface area contributed by atoms with Crippen LogP contribution in [0.1, 0.15) is 24.0 Å². The Bertz CT molecular complexity index is 723. The number of nitrogens with zero attached hydrogens (tertiary/aromatic N) is 4. The van der Waals surface area contributed by atoms with E-state index in [1.165, 1.54) is 11.1 Å². The Morgan fingerprint density at radius 2 is 1.92 bits per heavy atom. The number of piperidine rings is 1. The average molecular weight is 341 g/mol. The topological polar surface area (TPSA) is 72.4 Å². The zero-order valence-electron chi connectivity index (χ0n) is 14.4. The largest absolute Gasteiger partial charge is 0.365 e. The maximum absolute atomic E-state index is 5.77. The van der Waals surface area contributed by atoms with Gasteiger partial charge in [0.05, 0.1) is 19.4 Å². The molecule has 0 saturated carbocycles. The van der Waals surface area contributed by atoms with Crippen molar-refractivity contribution in [2.24, 2.45) is 0 Å². The molecule has 1 N–H and O–H groups in total. The standard InChI is InChI=1S/C18H23N5O2/c1-14-4-2-3-5-15(14)12-19-16-13-20-22-17(21-16)23-8-6-18(7-9-23)24-10-11-25-18/h2-5,13H,6-12H2,1H3,(H,19,21,22). The fourth-order valence-corrected chi connectivity index (χ4v) is 3.34. The average Bonchev–Trinajstić information content (AvgIpc) is 3.10. The highest BCUT2D eigenvalue weighted by atomic mass is 16.7. The van der Waals surface area contributed by atoms with Crippen LogP contribution in [0.5, 0.6) is 0 Å². The highest BCUT2D eigenvalue weighted by molar-refractivity contribution is 5.40. The Balaban J connectivity index is 1.39. The molecular formula is C18H23N5O2. The van der Waals surface area contributed by atoms with Gasteiger partial charge in [0.1, 0.15) is 0 Å². The first-order valence-electron chi connectivity index (χ1n) is 8.75. The summed E-state index contributed by atoms with van der Waals surface area (Å²) in [5.41, 5.74) is 2.51. The van der Waals surface area contributed by atoms with Gasteiger partial charge in [-0.1, -0.05) is 24.3 Å². The van der Waals surface area contributed by atoms with Crippen LogP contribution >= 0.6 is 0 Å². The van der Waals surface area contributed by atoms with Gasteiger partial charge in [0.2, 0.25) is 5.95 Å². The lowest BCUT2D eigenvalue weighted by atomic mass is 10.0. The van der Waals surface area contributed by atoms with Crippen LogP contribution in [0.2, 0.25) is 0 Å². The van der Waals surface area contributed by atoms with Crippen LogP contribution in [0.15, 0.2) is 30.5 Å². The van der Waals surface area contributed by atoms with Crippen molar-refractivity contribution in [2.75, 3.05) is 36.5 Å². The minimum absolute atomic E-state index is 0.384. The summed E-state index contributed by atoms with van der Waals surface area (Å²) in [6, 6.07) is 8.31. The molecule has 7 nitrogen and oxygen atoms in total. The van der Waals surface area contributed by atoms with Gasteiger partial charge in [0, 0.05) is 32.5 Å². The van der Waals surface area contributed by atoms with Crippen molar-refractivity contribution in [2.45, 2.75) is 32.1 Å². The molecule has 25 heavy (non-hydrogen) atoms. The number of ether oxygens (including phenoxy) is 2.